The van der Waals surface area contributed by atoms with Gasteiger partial charge in [0.2, 0.25) is 11.8 Å². The maximum Gasteiger partial charge on any atom is 0.416 e. The summed E-state index contributed by atoms with van der Waals surface area (Å²) in [5.74, 6) is -1.89. The first kappa shape index (κ1) is 47.3. The largest absolute Gasteiger partial charge is 0.489 e. The van der Waals surface area contributed by atoms with E-state index in [1.807, 2.05) is 50.0 Å². The molecule has 6 amide bonds. The Kier molecular flexibility index (Phi) is 11.4. The SMILES string of the molecule is C=C(COc1cc(NC(=O)NCc2ccc3c(c2)CN(C2CCC(=O)NC2=O)C3=O)cc(C(F)(F)F)c1)C(=O)N1CC2(CC(n3nc(-c4ccc5c(cnn5C)c4)c(-c4c(Cl)c(C)cc5[nH]ncc45)c3C)C2)C1. The molecule has 7 aromatic rings. The number of carbonyl (C=O) groups is 5. The second kappa shape index (κ2) is 17.6. The van der Waals surface area contributed by atoms with Crippen LogP contribution in [-0.2, 0) is 40.7 Å². The number of ether oxygens (including phenoxy) is 1. The number of hydrogen-bond acceptors (Lipinski definition) is 9. The number of alkyl halides is 3. The maximum atomic E-state index is 14.1. The molecule has 4 aromatic carbocycles. The summed E-state index contributed by atoms with van der Waals surface area (Å²) in [5.41, 5.74) is 7.38. The molecule has 6 heterocycles. The van der Waals surface area contributed by atoms with Crippen LogP contribution in [0.5, 0.6) is 5.75 Å². The van der Waals surface area contributed by atoms with Crippen LogP contribution in [-0.4, -0.2) is 95.0 Å². The fourth-order valence-corrected chi connectivity index (χ4v) is 11.1. The molecule has 3 fully saturated rings. The highest BCUT2D eigenvalue weighted by Crippen LogP contribution is 2.56. The maximum absolute atomic E-state index is 14.1. The molecule has 374 valence electrons. The van der Waals surface area contributed by atoms with Gasteiger partial charge in [-0.15, -0.1) is 0 Å². The molecule has 1 spiro atoms. The molecule has 3 aliphatic heterocycles. The van der Waals surface area contributed by atoms with Gasteiger partial charge in [0.05, 0.1) is 40.1 Å². The zero-order valence-corrected chi connectivity index (χ0v) is 40.5. The van der Waals surface area contributed by atoms with Crippen LogP contribution < -0.4 is 20.7 Å². The molecule has 11 rings (SSSR count). The molecular weight excluding hydrogens is 967 g/mol. The molecule has 1 unspecified atom stereocenters. The standard InChI is InChI=1S/C52H47ClF3N11O6/c1-26-11-39-38(21-58-62-39)44(45(26)53)43-28(3)67(63-46(43)30-6-8-40-31(13-30)20-59-64(40)4)35-17-51(18-35)24-65(25-51)48(70)27(2)23-73-36-15-33(52(54,55)56)14-34(16-36)60-50(72)57-19-29-5-7-37-32(12-29)22-66(49(37)71)41-9-10-42(68)61-47(41)69/h5-8,11-16,20-21,35,41H,2,9-10,17-19,22-25H2,1,3-4H3,(H,58,62)(H2,57,60,72)(H,61,68,69). The highest BCUT2D eigenvalue weighted by atomic mass is 35.5. The van der Waals surface area contributed by atoms with Crippen molar-refractivity contribution in [1.82, 2.24) is 50.2 Å². The Hall–Kier alpha value is -8.00. The molecule has 3 aromatic heterocycles. The fourth-order valence-electron chi connectivity index (χ4n) is 10.9. The van der Waals surface area contributed by atoms with Crippen LogP contribution in [0.2, 0.25) is 5.02 Å². The van der Waals surface area contributed by atoms with Gasteiger partial charge < -0.3 is 25.2 Å². The van der Waals surface area contributed by atoms with E-state index in [2.05, 4.69) is 48.6 Å². The second-order valence-corrected chi connectivity index (χ2v) is 19.9. The average Bonchev–Trinajstić information content (AvgIpc) is 4.11. The Morgan fingerprint density at radius 2 is 1.79 bits per heavy atom. The number of aryl methyl sites for hydroxylation is 2. The number of benzene rings is 4. The van der Waals surface area contributed by atoms with Crippen LogP contribution in [0.3, 0.4) is 0 Å². The molecule has 2 saturated heterocycles. The van der Waals surface area contributed by atoms with Crippen molar-refractivity contribution in [3.63, 3.8) is 0 Å². The molecule has 73 heavy (non-hydrogen) atoms. The Bertz CT molecular complexity index is 3510. The molecule has 17 nitrogen and oxygen atoms in total. The number of hydrogen-bond donors (Lipinski definition) is 4. The number of likely N-dealkylation sites (tertiary alicyclic amines) is 1. The Morgan fingerprint density at radius 1 is 1.00 bits per heavy atom. The normalized spacial score (nSPS) is 17.5. The Labute approximate surface area is 419 Å². The third-order valence-corrected chi connectivity index (χ3v) is 15.0. The van der Waals surface area contributed by atoms with Crippen LogP contribution in [0.4, 0.5) is 23.7 Å². The van der Waals surface area contributed by atoms with E-state index in [-0.39, 0.29) is 66.2 Å². The second-order valence-electron chi connectivity index (χ2n) is 19.6. The lowest BCUT2D eigenvalue weighted by Gasteiger charge is -2.59. The van der Waals surface area contributed by atoms with E-state index in [1.54, 1.807) is 29.3 Å². The highest BCUT2D eigenvalue weighted by Gasteiger charge is 2.55. The third-order valence-electron chi connectivity index (χ3n) is 14.6. The molecule has 0 radical (unpaired) electrons. The first-order valence-corrected chi connectivity index (χ1v) is 24.0. The number of halogens is 4. The van der Waals surface area contributed by atoms with E-state index in [0.717, 1.165) is 80.4 Å². The number of carbonyl (C=O) groups excluding carboxylic acids is 5. The zero-order chi connectivity index (χ0) is 51.2. The van der Waals surface area contributed by atoms with Gasteiger partial charge in [-0.2, -0.15) is 28.5 Å². The monoisotopic (exact) mass is 1010 g/mol. The van der Waals surface area contributed by atoms with Crippen molar-refractivity contribution in [2.75, 3.05) is 25.0 Å². The smallest absolute Gasteiger partial charge is 0.416 e. The van der Waals surface area contributed by atoms with Crippen molar-refractivity contribution in [3.8, 4) is 28.1 Å². The summed E-state index contributed by atoms with van der Waals surface area (Å²) in [6, 6.07) is 14.3. The summed E-state index contributed by atoms with van der Waals surface area (Å²) in [4.78, 5) is 66.8. The fraction of sp³-hybridized carbons (Fsp3) is 0.308. The van der Waals surface area contributed by atoms with Gasteiger partial charge in [0.1, 0.15) is 24.1 Å². The van der Waals surface area contributed by atoms with E-state index >= 15 is 0 Å². The number of amides is 6. The first-order valence-electron chi connectivity index (χ1n) is 23.6. The minimum absolute atomic E-state index is 0.0392. The van der Waals surface area contributed by atoms with Crippen LogP contribution in [0.15, 0.2) is 85.2 Å². The van der Waals surface area contributed by atoms with Gasteiger partial charge in [-0.1, -0.05) is 36.4 Å². The van der Waals surface area contributed by atoms with E-state index in [0.29, 0.717) is 34.8 Å². The third kappa shape index (κ3) is 8.51. The topological polar surface area (TPSA) is 201 Å². The summed E-state index contributed by atoms with van der Waals surface area (Å²) >= 11 is 7.12. The van der Waals surface area contributed by atoms with Gasteiger partial charge >= 0.3 is 12.2 Å². The van der Waals surface area contributed by atoms with Gasteiger partial charge in [0.15, 0.2) is 0 Å². The minimum Gasteiger partial charge on any atom is -0.489 e. The quantitative estimate of drug-likeness (QED) is 0.0729. The van der Waals surface area contributed by atoms with Crippen molar-refractivity contribution in [2.24, 2.45) is 12.5 Å². The van der Waals surface area contributed by atoms with Gasteiger partial charge in [-0.05, 0) is 86.2 Å². The number of urea groups is 1. The van der Waals surface area contributed by atoms with Gasteiger partial charge in [0.25, 0.3) is 11.8 Å². The Balaban J connectivity index is 0.719. The van der Waals surface area contributed by atoms with Crippen LogP contribution in [0, 0.1) is 19.3 Å². The summed E-state index contributed by atoms with van der Waals surface area (Å²) in [5, 5.41) is 26.9. The minimum atomic E-state index is -4.79. The van der Waals surface area contributed by atoms with Crippen molar-refractivity contribution >= 4 is 68.8 Å². The molecule has 21 heteroatoms. The predicted octanol–water partition coefficient (Wildman–Crippen LogP) is 8.15. The van der Waals surface area contributed by atoms with Crippen molar-refractivity contribution in [1.29, 1.82) is 0 Å². The van der Waals surface area contributed by atoms with Gasteiger partial charge in [0, 0.05) is 101 Å². The van der Waals surface area contributed by atoms with Gasteiger partial charge in [-0.25, -0.2) is 4.79 Å². The first-order chi connectivity index (χ1) is 34.8. The average molecular weight is 1010 g/mol. The number of anilines is 1. The summed E-state index contributed by atoms with van der Waals surface area (Å²) < 4.78 is 51.9. The van der Waals surface area contributed by atoms with Crippen molar-refractivity contribution < 1.29 is 41.9 Å². The number of H-pyrrole nitrogens is 1. The van der Waals surface area contributed by atoms with E-state index in [4.69, 9.17) is 21.4 Å². The number of nitrogens with zero attached hydrogens (tertiary/aromatic N) is 7. The summed E-state index contributed by atoms with van der Waals surface area (Å²) in [7, 11) is 1.90. The molecule has 0 bridgehead atoms. The molecule has 1 atom stereocenters. The molecule has 1 saturated carbocycles. The summed E-state index contributed by atoms with van der Waals surface area (Å²) in [6.45, 7) is 8.56. The number of aromatic nitrogens is 6. The van der Waals surface area contributed by atoms with E-state index < -0.39 is 42.2 Å². The Morgan fingerprint density at radius 3 is 2.56 bits per heavy atom. The number of fused-ring (bicyclic) bond motifs is 3. The van der Waals surface area contributed by atoms with E-state index in [9.17, 15) is 37.1 Å². The van der Waals surface area contributed by atoms with Crippen LogP contribution >= 0.6 is 11.6 Å². The lowest BCUT2D eigenvalue weighted by Crippen LogP contribution is -2.64. The van der Waals surface area contributed by atoms with Crippen LogP contribution in [0.1, 0.15) is 70.0 Å². The molecular formula is C52H47ClF3N11O6. The number of piperidine rings is 1. The predicted molar refractivity (Wildman–Crippen MR) is 263 cm³/mol. The number of aromatic amines is 1. The molecule has 4 N–H and O–H groups in total. The highest BCUT2D eigenvalue weighted by molar-refractivity contribution is 6.36. The number of nitrogens with one attached hydrogen (secondary N) is 4. The summed E-state index contributed by atoms with van der Waals surface area (Å²) in [6.07, 6.45) is 0.670. The van der Waals surface area contributed by atoms with Crippen molar-refractivity contribution in [2.45, 2.75) is 70.9 Å². The lowest BCUT2D eigenvalue weighted by atomic mass is 9.60. The van der Waals surface area contributed by atoms with Gasteiger partial charge in [-0.3, -0.25) is 39.0 Å². The number of rotatable bonds is 11. The van der Waals surface area contributed by atoms with Crippen LogP contribution in [0.25, 0.3) is 44.2 Å². The zero-order valence-electron chi connectivity index (χ0n) is 39.7. The lowest BCUT2D eigenvalue weighted by molar-refractivity contribution is -0.150. The number of imide groups is 1. The van der Waals surface area contributed by atoms with Crippen molar-refractivity contribution in [3.05, 3.63) is 124 Å². The van der Waals surface area contributed by atoms with E-state index in [1.165, 1.54) is 11.0 Å². The molecule has 4 aliphatic rings. The molecule has 1 aliphatic carbocycles.